The molecule has 3 aromatic rings. The summed E-state index contributed by atoms with van der Waals surface area (Å²) in [5, 5.41) is 12.2. The van der Waals surface area contributed by atoms with Crippen molar-refractivity contribution in [2.24, 2.45) is 0 Å². The standard InChI is InChI=1S/C20H23N3O4/c1-13(2)21-19(25)11-23-18(15-5-4-6-16(8-15)27-3)10-22-9-14(12-24)7-17(22)20(23)26/h4-10,13,24H,11-12H2,1-3H3,(H,21,25). The molecular weight excluding hydrogens is 346 g/mol. The van der Waals surface area contributed by atoms with Crippen molar-refractivity contribution in [3.05, 3.63) is 58.6 Å². The first-order chi connectivity index (χ1) is 12.9. The molecule has 0 atom stereocenters. The molecule has 2 heterocycles. The topological polar surface area (TPSA) is 85.0 Å². The van der Waals surface area contributed by atoms with Gasteiger partial charge in [0.15, 0.2) is 0 Å². The Kier molecular flexibility index (Phi) is 5.32. The molecule has 0 saturated carbocycles. The monoisotopic (exact) mass is 369 g/mol. The summed E-state index contributed by atoms with van der Waals surface area (Å²) in [4.78, 5) is 25.4. The molecule has 0 aliphatic heterocycles. The first kappa shape index (κ1) is 18.7. The van der Waals surface area contributed by atoms with Gasteiger partial charge in [0.2, 0.25) is 5.91 Å². The molecule has 0 radical (unpaired) electrons. The molecular formula is C20H23N3O4. The molecule has 0 unspecified atom stereocenters. The van der Waals surface area contributed by atoms with E-state index in [-0.39, 0.29) is 30.7 Å². The molecule has 3 rings (SSSR count). The van der Waals surface area contributed by atoms with Crippen LogP contribution in [0.2, 0.25) is 0 Å². The van der Waals surface area contributed by atoms with Crippen molar-refractivity contribution in [2.75, 3.05) is 7.11 Å². The van der Waals surface area contributed by atoms with Crippen LogP contribution in [-0.2, 0) is 17.9 Å². The molecule has 27 heavy (non-hydrogen) atoms. The molecule has 0 aliphatic rings. The Balaban J connectivity index is 2.20. The quantitative estimate of drug-likeness (QED) is 0.694. The first-order valence-corrected chi connectivity index (χ1v) is 8.72. The van der Waals surface area contributed by atoms with E-state index in [0.29, 0.717) is 22.5 Å². The van der Waals surface area contributed by atoms with E-state index in [4.69, 9.17) is 4.74 Å². The Morgan fingerprint density at radius 2 is 2.04 bits per heavy atom. The van der Waals surface area contributed by atoms with Crippen LogP contribution in [0, 0.1) is 0 Å². The van der Waals surface area contributed by atoms with Crippen LogP contribution in [0.4, 0.5) is 0 Å². The maximum absolute atomic E-state index is 13.1. The molecule has 2 N–H and O–H groups in total. The normalized spacial score (nSPS) is 11.1. The Morgan fingerprint density at radius 3 is 2.70 bits per heavy atom. The predicted molar refractivity (Wildman–Crippen MR) is 103 cm³/mol. The number of nitrogens with one attached hydrogen (secondary N) is 1. The SMILES string of the molecule is COc1cccc(-c2cn3cc(CO)cc3c(=O)n2CC(=O)NC(C)C)c1. The Hall–Kier alpha value is -3.06. The number of carbonyl (C=O) groups excluding carboxylic acids is 1. The molecule has 0 spiro atoms. The molecule has 142 valence electrons. The Labute approximate surface area is 156 Å². The second-order valence-corrected chi connectivity index (χ2v) is 6.66. The highest BCUT2D eigenvalue weighted by molar-refractivity contribution is 5.77. The van der Waals surface area contributed by atoms with Crippen LogP contribution in [0.25, 0.3) is 16.8 Å². The maximum Gasteiger partial charge on any atom is 0.275 e. The number of carbonyl (C=O) groups is 1. The van der Waals surface area contributed by atoms with Crippen molar-refractivity contribution in [1.29, 1.82) is 0 Å². The van der Waals surface area contributed by atoms with Crippen LogP contribution in [0.5, 0.6) is 5.75 Å². The third-order valence-electron chi connectivity index (χ3n) is 4.22. The zero-order chi connectivity index (χ0) is 19.6. The number of ether oxygens (including phenoxy) is 1. The fraction of sp³-hybridized carbons (Fsp3) is 0.300. The number of aliphatic hydroxyl groups excluding tert-OH is 1. The van der Waals surface area contributed by atoms with Gasteiger partial charge in [-0.05, 0) is 37.6 Å². The fourth-order valence-electron chi connectivity index (χ4n) is 3.03. The predicted octanol–water partition coefficient (Wildman–Crippen LogP) is 1.79. The summed E-state index contributed by atoms with van der Waals surface area (Å²) in [5.74, 6) is 0.413. The average Bonchev–Trinajstić information content (AvgIpc) is 3.07. The summed E-state index contributed by atoms with van der Waals surface area (Å²) < 4.78 is 8.41. The van der Waals surface area contributed by atoms with Gasteiger partial charge in [0.05, 0.1) is 19.4 Å². The van der Waals surface area contributed by atoms with Crippen molar-refractivity contribution in [3.8, 4) is 17.0 Å². The van der Waals surface area contributed by atoms with E-state index in [1.165, 1.54) is 4.57 Å². The lowest BCUT2D eigenvalue weighted by Gasteiger charge is -2.16. The lowest BCUT2D eigenvalue weighted by molar-refractivity contribution is -0.122. The van der Waals surface area contributed by atoms with Gasteiger partial charge >= 0.3 is 0 Å². The number of rotatable bonds is 6. The highest BCUT2D eigenvalue weighted by Crippen LogP contribution is 2.24. The first-order valence-electron chi connectivity index (χ1n) is 8.72. The average molecular weight is 369 g/mol. The number of amides is 1. The van der Waals surface area contributed by atoms with Crippen molar-refractivity contribution in [2.45, 2.75) is 33.0 Å². The highest BCUT2D eigenvalue weighted by Gasteiger charge is 2.16. The molecule has 0 aliphatic carbocycles. The molecule has 1 amide bonds. The number of hydrogen-bond donors (Lipinski definition) is 2. The van der Waals surface area contributed by atoms with Crippen LogP contribution >= 0.6 is 0 Å². The molecule has 7 heteroatoms. The smallest absolute Gasteiger partial charge is 0.275 e. The van der Waals surface area contributed by atoms with Crippen molar-refractivity contribution < 1.29 is 14.6 Å². The molecule has 2 aromatic heterocycles. The lowest BCUT2D eigenvalue weighted by atomic mass is 10.1. The highest BCUT2D eigenvalue weighted by atomic mass is 16.5. The molecule has 1 aromatic carbocycles. The van der Waals surface area contributed by atoms with Gasteiger partial charge < -0.3 is 19.6 Å². The van der Waals surface area contributed by atoms with E-state index in [1.807, 2.05) is 38.1 Å². The van der Waals surface area contributed by atoms with Crippen molar-refractivity contribution in [1.82, 2.24) is 14.3 Å². The molecule has 0 fully saturated rings. The minimum atomic E-state index is -0.297. The second kappa shape index (κ2) is 7.67. The van der Waals surface area contributed by atoms with E-state index < -0.39 is 0 Å². The summed E-state index contributed by atoms with van der Waals surface area (Å²) in [5.41, 5.74) is 2.08. The number of fused-ring (bicyclic) bond motifs is 1. The van der Waals surface area contributed by atoms with Gasteiger partial charge in [0.25, 0.3) is 5.56 Å². The van der Waals surface area contributed by atoms with Crippen molar-refractivity contribution in [3.63, 3.8) is 0 Å². The number of methoxy groups -OCH3 is 1. The zero-order valence-electron chi connectivity index (χ0n) is 15.6. The van der Waals surface area contributed by atoms with Gasteiger partial charge in [-0.25, -0.2) is 0 Å². The second-order valence-electron chi connectivity index (χ2n) is 6.66. The van der Waals surface area contributed by atoms with Gasteiger partial charge in [0.1, 0.15) is 17.8 Å². The zero-order valence-corrected chi connectivity index (χ0v) is 15.6. The van der Waals surface area contributed by atoms with Gasteiger partial charge in [0, 0.05) is 24.0 Å². The fourth-order valence-corrected chi connectivity index (χ4v) is 3.03. The van der Waals surface area contributed by atoms with Gasteiger partial charge in [-0.3, -0.25) is 14.2 Å². The third kappa shape index (κ3) is 3.88. The van der Waals surface area contributed by atoms with Crippen LogP contribution in [0.3, 0.4) is 0 Å². The van der Waals surface area contributed by atoms with Crippen LogP contribution in [0.15, 0.2) is 47.5 Å². The molecule has 7 nitrogen and oxygen atoms in total. The van der Waals surface area contributed by atoms with E-state index in [9.17, 15) is 14.7 Å². The Bertz CT molecular complexity index is 1030. The number of hydrogen-bond acceptors (Lipinski definition) is 4. The van der Waals surface area contributed by atoms with E-state index in [1.54, 1.807) is 30.0 Å². The summed E-state index contributed by atoms with van der Waals surface area (Å²) >= 11 is 0. The van der Waals surface area contributed by atoms with E-state index in [0.717, 1.165) is 5.56 Å². The summed E-state index contributed by atoms with van der Waals surface area (Å²) in [6.45, 7) is 3.48. The van der Waals surface area contributed by atoms with E-state index >= 15 is 0 Å². The largest absolute Gasteiger partial charge is 0.497 e. The minimum absolute atomic E-state index is 0.0218. The number of aliphatic hydroxyl groups is 1. The summed E-state index contributed by atoms with van der Waals surface area (Å²) in [6, 6.07) is 8.93. The van der Waals surface area contributed by atoms with Gasteiger partial charge in [-0.1, -0.05) is 12.1 Å². The Morgan fingerprint density at radius 1 is 1.26 bits per heavy atom. The van der Waals surface area contributed by atoms with Crippen LogP contribution in [-0.4, -0.2) is 33.1 Å². The van der Waals surface area contributed by atoms with E-state index in [2.05, 4.69) is 5.32 Å². The number of aromatic nitrogens is 2. The maximum atomic E-state index is 13.1. The summed E-state index contributed by atoms with van der Waals surface area (Å²) in [7, 11) is 1.57. The van der Waals surface area contributed by atoms with Gasteiger partial charge in [-0.15, -0.1) is 0 Å². The van der Waals surface area contributed by atoms with Gasteiger partial charge in [-0.2, -0.15) is 0 Å². The lowest BCUT2D eigenvalue weighted by Crippen LogP contribution is -2.36. The minimum Gasteiger partial charge on any atom is -0.497 e. The summed E-state index contributed by atoms with van der Waals surface area (Å²) in [6.07, 6.45) is 3.49. The number of benzene rings is 1. The molecule has 0 saturated heterocycles. The third-order valence-corrected chi connectivity index (χ3v) is 4.22. The van der Waals surface area contributed by atoms with Crippen LogP contribution in [0.1, 0.15) is 19.4 Å². The molecule has 0 bridgehead atoms. The number of nitrogens with zero attached hydrogens (tertiary/aromatic N) is 2. The van der Waals surface area contributed by atoms with Crippen molar-refractivity contribution >= 4 is 11.4 Å². The van der Waals surface area contributed by atoms with Crippen LogP contribution < -0.4 is 15.6 Å².